The van der Waals surface area contributed by atoms with Crippen molar-refractivity contribution < 1.29 is 5.48 Å². The van der Waals surface area contributed by atoms with Crippen LogP contribution in [0.5, 0.6) is 0 Å². The summed E-state index contributed by atoms with van der Waals surface area (Å²) in [7, 11) is 13.9. The summed E-state index contributed by atoms with van der Waals surface area (Å²) < 4.78 is 4.71. The molecular weight excluding hydrogens is 805 g/mol. The van der Waals surface area contributed by atoms with E-state index in [1.54, 1.807) is 0 Å². The zero-order chi connectivity index (χ0) is 32.4. The van der Waals surface area contributed by atoms with Crippen LogP contribution in [0.1, 0.15) is 77.6 Å². The van der Waals surface area contributed by atoms with Gasteiger partial charge in [0.1, 0.15) is 0 Å². The van der Waals surface area contributed by atoms with E-state index < -0.39 is 37.3 Å². The van der Waals surface area contributed by atoms with E-state index in [1.165, 1.54) is 40.0 Å². The largest absolute Gasteiger partial charge is 0.412 e. The third kappa shape index (κ3) is 12.9. The molecule has 0 heterocycles. The number of halogens is 2. The first-order valence-corrected chi connectivity index (χ1v) is 31.2. The van der Waals surface area contributed by atoms with Crippen LogP contribution in [-0.4, -0.2) is 42.7 Å². The monoisotopic (exact) mass is 860 g/mol. The second kappa shape index (κ2) is 18.0. The van der Waals surface area contributed by atoms with Crippen molar-refractivity contribution >= 4 is 55.1 Å². The standard InChI is InChI=1S/4C10H13.2ClH.H2O.2Sn/c4*1-10(2,3)9-7-5-4-6-8-9;;;;;/h4*4-8H,1H2,2-3H3;2*1H;1H2;;/q;;;;;;;2*+1/p-2. The van der Waals surface area contributed by atoms with Gasteiger partial charge in [0.25, 0.3) is 0 Å². The maximum absolute atomic E-state index is 6.95. The Hall–Kier alpha value is -0.983. The Balaban J connectivity index is 0.000000307. The summed E-state index contributed by atoms with van der Waals surface area (Å²) >= 11 is -3.87. The minimum Gasteiger partial charge on any atom is -0.412 e. The Kier molecular flexibility index (Phi) is 16.0. The number of hydrogen-bond acceptors (Lipinski definition) is 0. The van der Waals surface area contributed by atoms with Gasteiger partial charge in [-0.25, -0.2) is 0 Å². The van der Waals surface area contributed by atoms with Crippen LogP contribution in [0.25, 0.3) is 0 Å². The molecule has 0 amide bonds. The van der Waals surface area contributed by atoms with Crippen molar-refractivity contribution in [3.63, 3.8) is 0 Å². The first-order chi connectivity index (χ1) is 20.6. The van der Waals surface area contributed by atoms with Gasteiger partial charge in [0.15, 0.2) is 0 Å². The molecule has 4 aromatic rings. The molecule has 0 aromatic heterocycles. The Morgan fingerprint density at radius 2 is 0.511 bits per heavy atom. The number of hydrogen-bond donors (Lipinski definition) is 0. The molecule has 0 spiro atoms. The molecule has 0 unspecified atom stereocenters. The normalized spacial score (nSPS) is 12.4. The van der Waals surface area contributed by atoms with Crippen LogP contribution >= 0.6 is 17.8 Å². The fraction of sp³-hybridized carbons (Fsp3) is 0.400. The number of benzene rings is 4. The molecule has 0 aliphatic rings. The molecule has 0 fully saturated rings. The van der Waals surface area contributed by atoms with Gasteiger partial charge in [-0.15, -0.1) is 0 Å². The van der Waals surface area contributed by atoms with E-state index >= 15 is 0 Å². The Morgan fingerprint density at radius 3 is 0.667 bits per heavy atom. The summed E-state index contributed by atoms with van der Waals surface area (Å²) in [5.74, 6) is 0. The minimum atomic E-state index is -1.93. The summed E-state index contributed by atoms with van der Waals surface area (Å²) in [6.45, 7) is 18.7. The molecule has 0 aliphatic heterocycles. The molecule has 1 nitrogen and oxygen atoms in total. The van der Waals surface area contributed by atoms with Crippen molar-refractivity contribution in [2.75, 3.05) is 0 Å². The summed E-state index contributed by atoms with van der Waals surface area (Å²) in [6.07, 6.45) is 0. The van der Waals surface area contributed by atoms with E-state index in [0.717, 1.165) is 0 Å². The van der Waals surface area contributed by atoms with Crippen molar-refractivity contribution in [1.29, 1.82) is 0 Å². The van der Waals surface area contributed by atoms with Gasteiger partial charge in [0.2, 0.25) is 0 Å². The van der Waals surface area contributed by atoms with Crippen LogP contribution in [0.3, 0.4) is 0 Å². The van der Waals surface area contributed by atoms with Gasteiger partial charge < -0.3 is 5.48 Å². The van der Waals surface area contributed by atoms with Crippen LogP contribution in [0, 0.1) is 0 Å². The Labute approximate surface area is 296 Å². The quantitative estimate of drug-likeness (QED) is 0.127. The third-order valence-electron chi connectivity index (χ3n) is 8.76. The van der Waals surface area contributed by atoms with Crippen molar-refractivity contribution in [3.05, 3.63) is 144 Å². The maximum Gasteiger partial charge on any atom is -0.412 e. The van der Waals surface area contributed by atoms with Crippen molar-refractivity contribution in [2.45, 2.75) is 94.8 Å². The summed E-state index contributed by atoms with van der Waals surface area (Å²) in [6, 6.07) is 43.2. The first-order valence-electron chi connectivity index (χ1n) is 15.8. The molecule has 4 aromatic carbocycles. The Morgan fingerprint density at radius 1 is 0.356 bits per heavy atom. The van der Waals surface area contributed by atoms with Crippen molar-refractivity contribution in [3.8, 4) is 0 Å². The summed E-state index contributed by atoms with van der Waals surface area (Å²) in [5, 5.41) is 0. The topological polar surface area (TPSA) is 31.5 Å². The van der Waals surface area contributed by atoms with Crippen LogP contribution in [0.4, 0.5) is 0 Å². The van der Waals surface area contributed by atoms with Gasteiger partial charge in [-0.1, -0.05) is 0 Å². The van der Waals surface area contributed by atoms with Gasteiger partial charge in [-0.2, -0.15) is 0 Å². The fourth-order valence-corrected chi connectivity index (χ4v) is 29.0. The van der Waals surface area contributed by atoms with E-state index in [4.69, 9.17) is 17.8 Å². The zero-order valence-electron chi connectivity index (χ0n) is 28.6. The molecule has 4 rings (SSSR count). The summed E-state index contributed by atoms with van der Waals surface area (Å²) in [4.78, 5) is 0. The predicted molar refractivity (Wildman–Crippen MR) is 204 cm³/mol. The van der Waals surface area contributed by atoms with Crippen LogP contribution in [-0.2, 0) is 21.7 Å². The van der Waals surface area contributed by atoms with Crippen LogP contribution in [0.15, 0.2) is 121 Å². The molecule has 0 aliphatic carbocycles. The average molecular weight is 859 g/mol. The summed E-state index contributed by atoms with van der Waals surface area (Å²) in [5.41, 5.74) is 6.37. The number of rotatable bonds is 12. The molecule has 0 atom stereocenters. The fourth-order valence-electron chi connectivity index (χ4n) is 6.01. The Bertz CT molecular complexity index is 1160. The van der Waals surface area contributed by atoms with Gasteiger partial charge in [-0.3, -0.25) is 0 Å². The van der Waals surface area contributed by atoms with E-state index in [0.29, 0.717) is 0 Å². The van der Waals surface area contributed by atoms with Crippen molar-refractivity contribution in [1.82, 2.24) is 0 Å². The molecule has 0 saturated carbocycles. The predicted octanol–water partition coefficient (Wildman–Crippen LogP) is 11.5. The third-order valence-corrected chi connectivity index (χ3v) is 26.8. The smallest absolute Gasteiger partial charge is 0.412 e. The molecule has 5 heteroatoms. The zero-order valence-corrected chi connectivity index (χ0v) is 35.9. The second-order valence-electron chi connectivity index (χ2n) is 14.7. The molecule has 242 valence electrons. The molecule has 0 bridgehead atoms. The van der Waals surface area contributed by atoms with Crippen LogP contribution in [0.2, 0.25) is 17.7 Å². The van der Waals surface area contributed by atoms with Crippen molar-refractivity contribution in [2.24, 2.45) is 0 Å². The first kappa shape index (κ1) is 40.2. The maximum atomic E-state index is 6.95. The van der Waals surface area contributed by atoms with Gasteiger partial charge in [0, 0.05) is 0 Å². The van der Waals surface area contributed by atoms with E-state index in [-0.39, 0.29) is 27.1 Å². The molecular formula is C40H54Cl2OSn2. The SMILES string of the molecule is CC(C)([CH2][Sn]([Cl])[CH2]C(C)(C)c1ccccc1)c1ccccc1.CC(C)([CH2][Sn]([Cl])[CH2]C(C)(C)c1ccccc1)c1ccccc1.O. The van der Waals surface area contributed by atoms with Gasteiger partial charge in [-0.05, 0) is 0 Å². The van der Waals surface area contributed by atoms with E-state index in [2.05, 4.69) is 177 Å². The van der Waals surface area contributed by atoms with Gasteiger partial charge >= 0.3 is 293 Å². The van der Waals surface area contributed by atoms with Gasteiger partial charge in [0.05, 0.1) is 0 Å². The minimum absolute atomic E-state index is 0. The van der Waals surface area contributed by atoms with E-state index in [1.807, 2.05) is 0 Å². The van der Waals surface area contributed by atoms with Crippen LogP contribution < -0.4 is 0 Å². The molecule has 0 saturated heterocycles. The van der Waals surface area contributed by atoms with E-state index in [9.17, 15) is 0 Å². The average Bonchev–Trinajstić information content (AvgIpc) is 2.98. The molecule has 2 N–H and O–H groups in total. The molecule has 45 heavy (non-hydrogen) atoms. The second-order valence-corrected chi connectivity index (χ2v) is 31.9. The molecule has 2 radical (unpaired) electrons.